The molecule has 190 valence electrons. The van der Waals surface area contributed by atoms with Crippen molar-refractivity contribution in [1.29, 1.82) is 0 Å². The maximum Gasteiger partial charge on any atom is 0.319 e. The number of nitrogens with one attached hydrogen (secondary N) is 2. The van der Waals surface area contributed by atoms with Gasteiger partial charge in [-0.1, -0.05) is 29.8 Å². The topological polar surface area (TPSA) is 90.9 Å². The molecule has 8 nitrogen and oxygen atoms in total. The van der Waals surface area contributed by atoms with Crippen molar-refractivity contribution in [2.75, 3.05) is 25.1 Å². The minimum Gasteiger partial charge on any atom is -0.490 e. The molecule has 37 heavy (non-hydrogen) atoms. The molecule has 1 atom stereocenters. The molecule has 9 heteroatoms. The third kappa shape index (κ3) is 5.34. The summed E-state index contributed by atoms with van der Waals surface area (Å²) in [5.41, 5.74) is 2.14. The normalized spacial score (nSPS) is 13.1. The van der Waals surface area contributed by atoms with Crippen LogP contribution in [0.15, 0.2) is 66.9 Å². The third-order valence-electron chi connectivity index (χ3n) is 5.80. The lowest BCUT2D eigenvalue weighted by Gasteiger charge is -2.23. The number of halogens is 1. The molecule has 0 fully saturated rings. The first-order valence-electron chi connectivity index (χ1n) is 12.0. The molecular formula is C28H26ClN3O5. The average molecular weight is 520 g/mol. The van der Waals surface area contributed by atoms with Gasteiger partial charge in [0.15, 0.2) is 11.5 Å². The van der Waals surface area contributed by atoms with Crippen LogP contribution in [0, 0.1) is 0 Å². The number of fused-ring (bicyclic) bond motifs is 3. The maximum absolute atomic E-state index is 12.5. The highest BCUT2D eigenvalue weighted by Crippen LogP contribution is 2.48. The van der Waals surface area contributed by atoms with Crippen LogP contribution in [0.3, 0.4) is 0 Å². The molecular weight excluding hydrogens is 494 g/mol. The Balaban J connectivity index is 1.32. The summed E-state index contributed by atoms with van der Waals surface area (Å²) in [6.45, 7) is 5.14. The van der Waals surface area contributed by atoms with E-state index in [1.807, 2.05) is 38.1 Å². The van der Waals surface area contributed by atoms with Gasteiger partial charge in [0.1, 0.15) is 24.7 Å². The van der Waals surface area contributed by atoms with Crippen LogP contribution in [0.1, 0.15) is 25.5 Å². The Morgan fingerprint density at radius 1 is 1.05 bits per heavy atom. The zero-order valence-corrected chi connectivity index (χ0v) is 21.2. The number of pyridine rings is 1. The Hall–Kier alpha value is -4.17. The average Bonchev–Trinajstić information content (AvgIpc) is 2.90. The molecule has 2 N–H and O–H groups in total. The fourth-order valence-electron chi connectivity index (χ4n) is 4.12. The van der Waals surface area contributed by atoms with E-state index in [-0.39, 0.29) is 12.1 Å². The number of hydrogen-bond acceptors (Lipinski definition) is 6. The van der Waals surface area contributed by atoms with E-state index in [0.29, 0.717) is 70.2 Å². The second kappa shape index (κ2) is 10.8. The van der Waals surface area contributed by atoms with Crippen LogP contribution in [0.2, 0.25) is 5.02 Å². The fraction of sp³-hybridized carbons (Fsp3) is 0.214. The summed E-state index contributed by atoms with van der Waals surface area (Å²) in [4.78, 5) is 17.0. The smallest absolute Gasteiger partial charge is 0.319 e. The van der Waals surface area contributed by atoms with E-state index in [2.05, 4.69) is 15.6 Å². The molecule has 0 saturated carbocycles. The van der Waals surface area contributed by atoms with Gasteiger partial charge in [0.25, 0.3) is 0 Å². The molecule has 1 aromatic heterocycles. The quantitative estimate of drug-likeness (QED) is 0.281. The predicted octanol–water partition coefficient (Wildman–Crippen LogP) is 6.73. The standard InChI is InChI=1S/C28H26ClN3O5/c1-3-34-24-16-22-25(27-26(24)35-14-15-36-27)23(12-13-30-22)37-19-10-8-18(9-11-19)32-28(33)31-17(2)20-6-4-5-7-21(20)29/h4-13,16-17H,3,14-15H2,1-2H3,(H2,31,32,33). The third-order valence-corrected chi connectivity index (χ3v) is 6.15. The van der Waals surface area contributed by atoms with Crippen molar-refractivity contribution in [2.24, 2.45) is 0 Å². The van der Waals surface area contributed by atoms with Crippen LogP contribution in [0.5, 0.6) is 28.7 Å². The van der Waals surface area contributed by atoms with Crippen molar-refractivity contribution in [3.8, 4) is 28.7 Å². The van der Waals surface area contributed by atoms with Crippen LogP contribution in [-0.4, -0.2) is 30.8 Å². The second-order valence-electron chi connectivity index (χ2n) is 8.33. The Kier molecular flexibility index (Phi) is 7.18. The Bertz CT molecular complexity index is 1430. The highest BCUT2D eigenvalue weighted by atomic mass is 35.5. The molecule has 4 aromatic rings. The largest absolute Gasteiger partial charge is 0.490 e. The van der Waals surface area contributed by atoms with E-state index < -0.39 is 0 Å². The molecule has 2 heterocycles. The summed E-state index contributed by atoms with van der Waals surface area (Å²) >= 11 is 6.23. The van der Waals surface area contributed by atoms with Crippen LogP contribution in [-0.2, 0) is 0 Å². The number of rotatable bonds is 7. The van der Waals surface area contributed by atoms with E-state index >= 15 is 0 Å². The Labute approximate surface area is 219 Å². The molecule has 1 aliphatic rings. The van der Waals surface area contributed by atoms with Gasteiger partial charge in [-0.2, -0.15) is 0 Å². The highest BCUT2D eigenvalue weighted by molar-refractivity contribution is 6.31. The monoisotopic (exact) mass is 519 g/mol. The van der Waals surface area contributed by atoms with Crippen molar-refractivity contribution in [3.63, 3.8) is 0 Å². The van der Waals surface area contributed by atoms with Gasteiger partial charge >= 0.3 is 6.03 Å². The summed E-state index contributed by atoms with van der Waals surface area (Å²) in [5, 5.41) is 7.04. The van der Waals surface area contributed by atoms with E-state index in [0.717, 1.165) is 5.56 Å². The molecule has 0 bridgehead atoms. The van der Waals surface area contributed by atoms with Crippen LogP contribution < -0.4 is 29.6 Å². The van der Waals surface area contributed by atoms with Gasteiger partial charge in [-0.15, -0.1) is 0 Å². The number of urea groups is 1. The molecule has 1 unspecified atom stereocenters. The van der Waals surface area contributed by atoms with Crippen molar-refractivity contribution in [1.82, 2.24) is 10.3 Å². The number of amides is 2. The Morgan fingerprint density at radius 2 is 1.81 bits per heavy atom. The predicted molar refractivity (Wildman–Crippen MR) is 142 cm³/mol. The second-order valence-corrected chi connectivity index (χ2v) is 8.74. The van der Waals surface area contributed by atoms with Crippen LogP contribution in [0.25, 0.3) is 10.9 Å². The molecule has 1 aliphatic heterocycles. The number of carbonyl (C=O) groups is 1. The summed E-state index contributed by atoms with van der Waals surface area (Å²) in [6, 6.07) is 17.5. The molecule has 0 aliphatic carbocycles. The highest BCUT2D eigenvalue weighted by Gasteiger charge is 2.24. The van der Waals surface area contributed by atoms with Crippen molar-refractivity contribution in [2.45, 2.75) is 19.9 Å². The van der Waals surface area contributed by atoms with Gasteiger partial charge in [0.2, 0.25) is 5.75 Å². The molecule has 2 amide bonds. The molecule has 0 radical (unpaired) electrons. The first kappa shape index (κ1) is 24.5. The van der Waals surface area contributed by atoms with E-state index in [1.165, 1.54) is 0 Å². The van der Waals surface area contributed by atoms with Gasteiger partial charge in [0, 0.05) is 23.0 Å². The van der Waals surface area contributed by atoms with Gasteiger partial charge in [-0.25, -0.2) is 4.79 Å². The lowest BCUT2D eigenvalue weighted by molar-refractivity contribution is 0.165. The number of anilines is 1. The first-order chi connectivity index (χ1) is 18.0. The molecule has 0 spiro atoms. The molecule has 3 aromatic carbocycles. The number of ether oxygens (including phenoxy) is 4. The van der Waals surface area contributed by atoms with E-state index in [1.54, 1.807) is 42.6 Å². The van der Waals surface area contributed by atoms with Crippen LogP contribution >= 0.6 is 11.6 Å². The Morgan fingerprint density at radius 3 is 2.57 bits per heavy atom. The number of hydrogen-bond donors (Lipinski definition) is 2. The van der Waals surface area contributed by atoms with Gasteiger partial charge in [0.05, 0.1) is 23.6 Å². The lowest BCUT2D eigenvalue weighted by atomic mass is 10.1. The summed E-state index contributed by atoms with van der Waals surface area (Å²) < 4.78 is 23.7. The van der Waals surface area contributed by atoms with Gasteiger partial charge < -0.3 is 29.6 Å². The number of carbonyl (C=O) groups excluding carboxylic acids is 1. The van der Waals surface area contributed by atoms with Crippen molar-refractivity contribution < 1.29 is 23.7 Å². The van der Waals surface area contributed by atoms with Crippen LogP contribution in [0.4, 0.5) is 10.5 Å². The number of nitrogens with zero attached hydrogens (tertiary/aromatic N) is 1. The molecule has 0 saturated heterocycles. The number of aromatic nitrogens is 1. The van der Waals surface area contributed by atoms with Gasteiger partial charge in [-0.05, 0) is 55.8 Å². The summed E-state index contributed by atoms with van der Waals surface area (Å²) in [7, 11) is 0. The summed E-state index contributed by atoms with van der Waals surface area (Å²) in [6.07, 6.45) is 1.67. The van der Waals surface area contributed by atoms with E-state index in [4.69, 9.17) is 30.5 Å². The van der Waals surface area contributed by atoms with Gasteiger partial charge in [-0.3, -0.25) is 4.98 Å². The van der Waals surface area contributed by atoms with E-state index in [9.17, 15) is 4.79 Å². The minimum absolute atomic E-state index is 0.253. The maximum atomic E-state index is 12.5. The summed E-state index contributed by atoms with van der Waals surface area (Å²) in [5.74, 6) is 2.85. The number of benzene rings is 3. The first-order valence-corrected chi connectivity index (χ1v) is 12.3. The fourth-order valence-corrected chi connectivity index (χ4v) is 4.42. The zero-order chi connectivity index (χ0) is 25.8. The zero-order valence-electron chi connectivity index (χ0n) is 20.4. The van der Waals surface area contributed by atoms with Crippen molar-refractivity contribution in [3.05, 3.63) is 77.4 Å². The van der Waals surface area contributed by atoms with Crippen molar-refractivity contribution >= 4 is 34.2 Å². The minimum atomic E-state index is -0.338. The SMILES string of the molecule is CCOc1cc2nccc(Oc3ccc(NC(=O)NC(C)c4ccccc4Cl)cc3)c2c2c1OCCO2. The lowest BCUT2D eigenvalue weighted by Crippen LogP contribution is -2.31. The molecule has 5 rings (SSSR count).